The average molecular weight is 314 g/mol. The third-order valence-corrected chi connectivity index (χ3v) is 4.11. The lowest BCUT2D eigenvalue weighted by molar-refractivity contribution is 0.199. The molecule has 1 heterocycles. The fourth-order valence-electron chi connectivity index (χ4n) is 2.65. The van der Waals surface area contributed by atoms with Crippen LogP contribution in [-0.4, -0.2) is 29.3 Å². The van der Waals surface area contributed by atoms with Crippen molar-refractivity contribution in [3.63, 3.8) is 0 Å². The summed E-state index contributed by atoms with van der Waals surface area (Å²) in [5.74, 6) is 0.360. The first-order chi connectivity index (χ1) is 8.74. The maximum absolute atomic E-state index is 9.35. The molecule has 4 N–H and O–H groups in total. The number of rotatable bonds is 5. The zero-order valence-electron chi connectivity index (χ0n) is 10.3. The Kier molecular flexibility index (Phi) is 5.12. The fourth-order valence-corrected chi connectivity index (χ4v) is 3.03. The van der Waals surface area contributed by atoms with Gasteiger partial charge in [0.2, 0.25) is 0 Å². The van der Waals surface area contributed by atoms with Crippen LogP contribution in [0.1, 0.15) is 30.9 Å². The van der Waals surface area contributed by atoms with Crippen LogP contribution in [-0.2, 0) is 0 Å². The SMILES string of the molecule is NCC(NC1CCCC1CO)c1cncc(Br)c1. The molecule has 1 fully saturated rings. The first-order valence-corrected chi connectivity index (χ1v) is 7.21. The van der Waals surface area contributed by atoms with Crippen LogP contribution < -0.4 is 11.1 Å². The predicted octanol–water partition coefficient (Wildman–Crippen LogP) is 1.59. The smallest absolute Gasteiger partial charge is 0.0474 e. The van der Waals surface area contributed by atoms with Gasteiger partial charge in [-0.1, -0.05) is 6.42 Å². The van der Waals surface area contributed by atoms with Gasteiger partial charge in [0.25, 0.3) is 0 Å². The zero-order valence-corrected chi connectivity index (χ0v) is 11.9. The molecule has 1 aliphatic carbocycles. The molecule has 0 aliphatic heterocycles. The molecule has 0 radical (unpaired) electrons. The Morgan fingerprint density at radius 2 is 2.33 bits per heavy atom. The lowest BCUT2D eigenvalue weighted by atomic mass is 10.0. The summed E-state index contributed by atoms with van der Waals surface area (Å²) < 4.78 is 0.963. The highest BCUT2D eigenvalue weighted by Crippen LogP contribution is 2.27. The quantitative estimate of drug-likeness (QED) is 0.772. The van der Waals surface area contributed by atoms with Crippen LogP contribution in [0.4, 0.5) is 0 Å². The number of hydrogen-bond donors (Lipinski definition) is 3. The molecule has 0 aromatic carbocycles. The van der Waals surface area contributed by atoms with Gasteiger partial charge in [-0.3, -0.25) is 4.98 Å². The Hall–Kier alpha value is -0.490. The van der Waals surface area contributed by atoms with Crippen molar-refractivity contribution < 1.29 is 5.11 Å². The van der Waals surface area contributed by atoms with Gasteiger partial charge >= 0.3 is 0 Å². The minimum Gasteiger partial charge on any atom is -0.396 e. The van der Waals surface area contributed by atoms with Gasteiger partial charge < -0.3 is 16.2 Å². The monoisotopic (exact) mass is 313 g/mol. The van der Waals surface area contributed by atoms with Gasteiger partial charge in [0, 0.05) is 42.1 Å². The van der Waals surface area contributed by atoms with E-state index in [1.54, 1.807) is 6.20 Å². The van der Waals surface area contributed by atoms with Gasteiger partial charge in [-0.15, -0.1) is 0 Å². The molecule has 0 saturated heterocycles. The Morgan fingerprint density at radius 3 is 3.00 bits per heavy atom. The van der Waals surface area contributed by atoms with E-state index in [-0.39, 0.29) is 12.6 Å². The number of hydrogen-bond acceptors (Lipinski definition) is 4. The first kappa shape index (κ1) is 13.9. The molecule has 4 nitrogen and oxygen atoms in total. The van der Waals surface area contributed by atoms with E-state index in [4.69, 9.17) is 5.73 Å². The van der Waals surface area contributed by atoms with Crippen LogP contribution in [0.5, 0.6) is 0 Å². The highest BCUT2D eigenvalue weighted by atomic mass is 79.9. The van der Waals surface area contributed by atoms with E-state index >= 15 is 0 Å². The second kappa shape index (κ2) is 6.61. The van der Waals surface area contributed by atoms with E-state index in [1.807, 2.05) is 12.3 Å². The van der Waals surface area contributed by atoms with Crippen molar-refractivity contribution in [3.8, 4) is 0 Å². The highest BCUT2D eigenvalue weighted by Gasteiger charge is 2.28. The van der Waals surface area contributed by atoms with Crippen molar-refractivity contribution >= 4 is 15.9 Å². The van der Waals surface area contributed by atoms with Crippen molar-refractivity contribution in [1.82, 2.24) is 10.3 Å². The molecule has 5 heteroatoms. The summed E-state index contributed by atoms with van der Waals surface area (Å²) in [5.41, 5.74) is 6.94. The van der Waals surface area contributed by atoms with Gasteiger partial charge in [-0.25, -0.2) is 0 Å². The van der Waals surface area contributed by atoms with E-state index in [9.17, 15) is 5.11 Å². The van der Waals surface area contributed by atoms with Crippen LogP contribution in [0.15, 0.2) is 22.9 Å². The van der Waals surface area contributed by atoms with Crippen LogP contribution in [0, 0.1) is 5.92 Å². The van der Waals surface area contributed by atoms with E-state index < -0.39 is 0 Å². The summed E-state index contributed by atoms with van der Waals surface area (Å²) in [4.78, 5) is 4.18. The number of aliphatic hydroxyl groups is 1. The summed E-state index contributed by atoms with van der Waals surface area (Å²) in [5, 5.41) is 12.9. The minimum absolute atomic E-state index is 0.104. The number of nitrogens with zero attached hydrogens (tertiary/aromatic N) is 1. The molecule has 1 aromatic heterocycles. The molecule has 3 unspecified atom stereocenters. The molecule has 0 spiro atoms. The maximum Gasteiger partial charge on any atom is 0.0474 e. The summed E-state index contributed by atoms with van der Waals surface area (Å²) in [6.45, 7) is 0.790. The number of nitrogens with two attached hydrogens (primary N) is 1. The maximum atomic E-state index is 9.35. The van der Waals surface area contributed by atoms with Crippen molar-refractivity contribution in [3.05, 3.63) is 28.5 Å². The van der Waals surface area contributed by atoms with Crippen LogP contribution >= 0.6 is 15.9 Å². The Bertz CT molecular complexity index is 388. The molecule has 1 saturated carbocycles. The third kappa shape index (κ3) is 3.29. The molecular formula is C13H20BrN3O. The summed E-state index contributed by atoms with van der Waals surface area (Å²) >= 11 is 3.43. The van der Waals surface area contributed by atoms with Crippen molar-refractivity contribution in [2.24, 2.45) is 11.7 Å². The van der Waals surface area contributed by atoms with Crippen molar-refractivity contribution in [1.29, 1.82) is 0 Å². The highest BCUT2D eigenvalue weighted by molar-refractivity contribution is 9.10. The summed E-state index contributed by atoms with van der Waals surface area (Å²) in [6.07, 6.45) is 7.00. The molecule has 1 aromatic rings. The predicted molar refractivity (Wildman–Crippen MR) is 75.1 cm³/mol. The Morgan fingerprint density at radius 1 is 1.50 bits per heavy atom. The van der Waals surface area contributed by atoms with Crippen molar-refractivity contribution in [2.75, 3.05) is 13.2 Å². The molecular weight excluding hydrogens is 294 g/mol. The molecule has 0 amide bonds. The van der Waals surface area contributed by atoms with E-state index in [1.165, 1.54) is 6.42 Å². The van der Waals surface area contributed by atoms with Crippen molar-refractivity contribution in [2.45, 2.75) is 31.3 Å². The number of aliphatic hydroxyl groups excluding tert-OH is 1. The second-order valence-corrected chi connectivity index (χ2v) is 5.79. The largest absolute Gasteiger partial charge is 0.396 e. The molecule has 2 rings (SSSR count). The van der Waals surface area contributed by atoms with Crippen LogP contribution in [0.25, 0.3) is 0 Å². The lowest BCUT2D eigenvalue weighted by Crippen LogP contribution is -2.39. The van der Waals surface area contributed by atoms with E-state index in [0.29, 0.717) is 18.5 Å². The summed E-state index contributed by atoms with van der Waals surface area (Å²) in [7, 11) is 0. The standard InChI is InChI=1S/C13H20BrN3O/c14-11-4-10(6-16-7-11)13(5-15)17-12-3-1-2-9(12)8-18/h4,6-7,9,12-13,17-18H,1-3,5,8,15H2. The van der Waals surface area contributed by atoms with Crippen LogP contribution in [0.2, 0.25) is 0 Å². The van der Waals surface area contributed by atoms with Gasteiger partial charge in [-0.2, -0.15) is 0 Å². The third-order valence-electron chi connectivity index (χ3n) is 3.67. The minimum atomic E-state index is 0.104. The Labute approximate surface area is 116 Å². The number of pyridine rings is 1. The van der Waals surface area contributed by atoms with Gasteiger partial charge in [0.15, 0.2) is 0 Å². The normalized spacial score (nSPS) is 25.3. The molecule has 1 aliphatic rings. The first-order valence-electron chi connectivity index (χ1n) is 6.42. The topological polar surface area (TPSA) is 71.2 Å². The van der Waals surface area contributed by atoms with Gasteiger partial charge in [0.05, 0.1) is 0 Å². The molecule has 18 heavy (non-hydrogen) atoms. The lowest BCUT2D eigenvalue weighted by Gasteiger charge is -2.25. The van der Waals surface area contributed by atoms with E-state index in [2.05, 4.69) is 26.2 Å². The number of halogens is 1. The second-order valence-electron chi connectivity index (χ2n) is 4.87. The molecule has 100 valence electrons. The summed E-state index contributed by atoms with van der Waals surface area (Å²) in [6, 6.07) is 2.51. The van der Waals surface area contributed by atoms with Gasteiger partial charge in [0.1, 0.15) is 0 Å². The number of nitrogens with one attached hydrogen (secondary N) is 1. The average Bonchev–Trinajstić information content (AvgIpc) is 2.83. The molecule has 3 atom stereocenters. The van der Waals surface area contributed by atoms with E-state index in [0.717, 1.165) is 22.9 Å². The zero-order chi connectivity index (χ0) is 13.0. The van der Waals surface area contributed by atoms with Crippen LogP contribution in [0.3, 0.4) is 0 Å². The van der Waals surface area contributed by atoms with Gasteiger partial charge in [-0.05, 0) is 46.3 Å². The fraction of sp³-hybridized carbons (Fsp3) is 0.615. The molecule has 0 bridgehead atoms. The number of aromatic nitrogens is 1. The Balaban J connectivity index is 2.05.